The summed E-state index contributed by atoms with van der Waals surface area (Å²) in [6.07, 6.45) is 0. The number of benzene rings is 1. The molecular formula is C6H6AgNO3S. The van der Waals surface area contributed by atoms with Gasteiger partial charge in [-0.25, -0.2) is 8.42 Å². The monoisotopic (exact) mass is 279 g/mol. The van der Waals surface area contributed by atoms with Crippen LogP contribution in [-0.4, -0.2) is 13.0 Å². The van der Waals surface area contributed by atoms with Gasteiger partial charge in [0.1, 0.15) is 10.1 Å². The summed E-state index contributed by atoms with van der Waals surface area (Å²) in [4.78, 5) is -0.258. The van der Waals surface area contributed by atoms with E-state index in [1.165, 1.54) is 24.3 Å². The molecule has 0 radical (unpaired) electrons. The van der Waals surface area contributed by atoms with Crippen molar-refractivity contribution in [1.29, 1.82) is 0 Å². The van der Waals surface area contributed by atoms with Gasteiger partial charge in [-0.3, -0.25) is 0 Å². The molecule has 0 unspecified atom stereocenters. The van der Waals surface area contributed by atoms with E-state index in [0.717, 1.165) is 0 Å². The maximum atomic E-state index is 10.3. The summed E-state index contributed by atoms with van der Waals surface area (Å²) in [6, 6.07) is 5.09. The van der Waals surface area contributed by atoms with Gasteiger partial charge in [-0.2, -0.15) is 0 Å². The van der Waals surface area contributed by atoms with E-state index in [0.29, 0.717) is 5.69 Å². The third kappa shape index (κ3) is 2.96. The Morgan fingerprint density at radius 2 is 1.58 bits per heavy atom. The molecule has 6 heteroatoms. The fourth-order valence-electron chi connectivity index (χ4n) is 0.634. The van der Waals surface area contributed by atoms with Gasteiger partial charge in [0.05, 0.1) is 4.90 Å². The first-order chi connectivity index (χ1) is 5.00. The zero-order valence-electron chi connectivity index (χ0n) is 5.82. The first kappa shape index (κ1) is 11.7. The van der Waals surface area contributed by atoms with Crippen molar-refractivity contribution in [3.8, 4) is 0 Å². The third-order valence-electron chi connectivity index (χ3n) is 1.17. The summed E-state index contributed by atoms with van der Waals surface area (Å²) < 4.78 is 31.0. The molecule has 0 aromatic heterocycles. The van der Waals surface area contributed by atoms with Crippen molar-refractivity contribution in [3.63, 3.8) is 0 Å². The molecule has 0 aliphatic rings. The smallest absolute Gasteiger partial charge is 0.744 e. The van der Waals surface area contributed by atoms with Gasteiger partial charge in [0.25, 0.3) is 0 Å². The van der Waals surface area contributed by atoms with Crippen LogP contribution in [0.4, 0.5) is 5.69 Å². The van der Waals surface area contributed by atoms with Crippen LogP contribution >= 0.6 is 0 Å². The van der Waals surface area contributed by atoms with Crippen molar-refractivity contribution in [1.82, 2.24) is 0 Å². The van der Waals surface area contributed by atoms with Gasteiger partial charge < -0.3 is 10.3 Å². The van der Waals surface area contributed by atoms with Gasteiger partial charge in [-0.05, 0) is 24.3 Å². The van der Waals surface area contributed by atoms with Gasteiger partial charge >= 0.3 is 22.4 Å². The molecule has 70 valence electrons. The molecule has 0 saturated heterocycles. The van der Waals surface area contributed by atoms with Crippen molar-refractivity contribution < 1.29 is 35.4 Å². The largest absolute Gasteiger partial charge is 1.00 e. The first-order valence-electron chi connectivity index (χ1n) is 2.81. The fourth-order valence-corrected chi connectivity index (χ4v) is 1.10. The molecule has 0 atom stereocenters. The molecule has 0 spiro atoms. The second-order valence-corrected chi connectivity index (χ2v) is 3.40. The predicted molar refractivity (Wildman–Crippen MR) is 38.8 cm³/mol. The van der Waals surface area contributed by atoms with Crippen LogP contribution in [0.15, 0.2) is 29.2 Å². The Morgan fingerprint density at radius 3 is 1.92 bits per heavy atom. The standard InChI is InChI=1S/C6H7NO3S.Ag/c7-5-1-3-6(4-2-5)11(8,9)10;/h1-4H,7H2,(H,8,9,10);/q;+1/p-1. The number of hydrogen-bond acceptors (Lipinski definition) is 4. The Balaban J connectivity index is 0.00000121. The minimum Gasteiger partial charge on any atom is -0.744 e. The molecule has 4 nitrogen and oxygen atoms in total. The topological polar surface area (TPSA) is 83.2 Å². The Kier molecular flexibility index (Phi) is 3.95. The molecule has 12 heavy (non-hydrogen) atoms. The van der Waals surface area contributed by atoms with Gasteiger partial charge in [0, 0.05) is 5.69 Å². The zero-order valence-corrected chi connectivity index (χ0v) is 8.12. The summed E-state index contributed by atoms with van der Waals surface area (Å²) in [5.41, 5.74) is 5.70. The van der Waals surface area contributed by atoms with Gasteiger partial charge in [-0.15, -0.1) is 0 Å². The molecule has 1 aromatic carbocycles. The average Bonchev–Trinajstić information content (AvgIpc) is 1.86. The van der Waals surface area contributed by atoms with E-state index in [2.05, 4.69) is 0 Å². The van der Waals surface area contributed by atoms with E-state index < -0.39 is 10.1 Å². The maximum absolute atomic E-state index is 10.3. The summed E-state index contributed by atoms with van der Waals surface area (Å²) in [5, 5.41) is 0. The van der Waals surface area contributed by atoms with Crippen molar-refractivity contribution in [3.05, 3.63) is 24.3 Å². The molecular weight excluding hydrogens is 274 g/mol. The number of nitrogen functional groups attached to an aromatic ring is 1. The zero-order chi connectivity index (χ0) is 8.48. The van der Waals surface area contributed by atoms with Crippen molar-refractivity contribution in [2.24, 2.45) is 0 Å². The molecule has 0 saturated carbocycles. The molecule has 0 heterocycles. The van der Waals surface area contributed by atoms with Crippen LogP contribution in [0, 0.1) is 0 Å². The predicted octanol–water partition coefficient (Wildman–Crippen LogP) is 0.170. The summed E-state index contributed by atoms with van der Waals surface area (Å²) in [5.74, 6) is 0. The van der Waals surface area contributed by atoms with E-state index in [4.69, 9.17) is 5.73 Å². The maximum Gasteiger partial charge on any atom is 1.00 e. The normalized spacial score (nSPS) is 10.4. The average molecular weight is 280 g/mol. The van der Waals surface area contributed by atoms with E-state index >= 15 is 0 Å². The van der Waals surface area contributed by atoms with Crippen LogP contribution in [0.3, 0.4) is 0 Å². The second kappa shape index (κ2) is 4.06. The Morgan fingerprint density at radius 1 is 1.17 bits per heavy atom. The molecule has 2 N–H and O–H groups in total. The number of nitrogens with two attached hydrogens (primary N) is 1. The quantitative estimate of drug-likeness (QED) is 0.451. The van der Waals surface area contributed by atoms with Crippen LogP contribution in [0.5, 0.6) is 0 Å². The molecule has 0 fully saturated rings. The minimum absolute atomic E-state index is 0. The van der Waals surface area contributed by atoms with Crippen LogP contribution in [0.25, 0.3) is 0 Å². The molecule has 0 aliphatic carbocycles. The summed E-state index contributed by atoms with van der Waals surface area (Å²) in [6.45, 7) is 0. The Hall–Kier alpha value is -0.330. The van der Waals surface area contributed by atoms with E-state index in [1.54, 1.807) is 0 Å². The van der Waals surface area contributed by atoms with Gasteiger partial charge in [0.15, 0.2) is 0 Å². The van der Waals surface area contributed by atoms with Gasteiger partial charge in [0.2, 0.25) is 0 Å². The SMILES string of the molecule is Nc1ccc(S(=O)(=O)[O-])cc1.[Ag+]. The van der Waals surface area contributed by atoms with E-state index in [-0.39, 0.29) is 27.3 Å². The first-order valence-corrected chi connectivity index (χ1v) is 4.22. The minimum atomic E-state index is -4.33. The van der Waals surface area contributed by atoms with Crippen LogP contribution < -0.4 is 5.73 Å². The molecule has 0 aliphatic heterocycles. The summed E-state index contributed by atoms with van der Waals surface area (Å²) >= 11 is 0. The van der Waals surface area contributed by atoms with E-state index in [9.17, 15) is 13.0 Å². The van der Waals surface area contributed by atoms with E-state index in [1.807, 2.05) is 0 Å². The molecule has 0 amide bonds. The van der Waals surface area contributed by atoms with Crippen molar-refractivity contribution >= 4 is 15.8 Å². The molecule has 1 rings (SSSR count). The van der Waals surface area contributed by atoms with Crippen LogP contribution in [-0.2, 0) is 32.5 Å². The summed E-state index contributed by atoms with van der Waals surface area (Å²) in [7, 11) is -4.33. The van der Waals surface area contributed by atoms with Crippen molar-refractivity contribution in [2.75, 3.05) is 5.73 Å². The number of rotatable bonds is 1. The third-order valence-corrected chi connectivity index (χ3v) is 2.02. The molecule has 0 bridgehead atoms. The van der Waals surface area contributed by atoms with Crippen LogP contribution in [0.2, 0.25) is 0 Å². The Bertz CT molecular complexity index is 346. The van der Waals surface area contributed by atoms with Crippen LogP contribution in [0.1, 0.15) is 0 Å². The Labute approximate surface area is 86.0 Å². The van der Waals surface area contributed by atoms with Crippen molar-refractivity contribution in [2.45, 2.75) is 4.90 Å². The second-order valence-electron chi connectivity index (χ2n) is 2.02. The number of anilines is 1. The van der Waals surface area contributed by atoms with Gasteiger partial charge in [-0.1, -0.05) is 0 Å². The molecule has 1 aromatic rings. The number of hydrogen-bond donors (Lipinski definition) is 1. The fraction of sp³-hybridized carbons (Fsp3) is 0.